The third kappa shape index (κ3) is 15.8. The van der Waals surface area contributed by atoms with Crippen LogP contribution in [0.2, 0.25) is 0 Å². The molecule has 38 heteroatoms. The maximum absolute atomic E-state index is 11.9. The van der Waals surface area contributed by atoms with Crippen molar-refractivity contribution in [2.75, 3.05) is 56.0 Å². The molecule has 0 spiro atoms. The molecule has 0 radical (unpaired) electrons. The Morgan fingerprint density at radius 2 is 0.705 bits per heavy atom. The summed E-state index contributed by atoms with van der Waals surface area (Å²) in [5.41, 5.74) is 11.5. The smallest absolute Gasteiger partial charge is 0.321 e. The molecule has 510 valence electrons. The Hall–Kier alpha value is -1.64. The van der Waals surface area contributed by atoms with Crippen molar-refractivity contribution in [1.82, 2.24) is 0 Å². The van der Waals surface area contributed by atoms with Gasteiger partial charge in [0.25, 0.3) is 0 Å². The number of nitrogens with two attached hydrogens (primary N) is 2. The van der Waals surface area contributed by atoms with Crippen molar-refractivity contribution in [3.8, 4) is 0 Å². The van der Waals surface area contributed by atoms with Gasteiger partial charge in [0, 0.05) is 29.6 Å². The number of hydrogen-bond acceptors (Lipinski definition) is 36. The van der Waals surface area contributed by atoms with Crippen LogP contribution in [0.4, 0.5) is 0 Å². The van der Waals surface area contributed by atoms with Gasteiger partial charge in [-0.15, -0.1) is 0 Å². The fraction of sp³-hybridized carbons (Fsp3) is 0.960. The number of ether oxygens (including phenoxy) is 12. The van der Waals surface area contributed by atoms with Gasteiger partial charge < -0.3 is 170 Å². The van der Waals surface area contributed by atoms with E-state index in [1.54, 1.807) is 0 Å². The number of hydrogen-bond donors (Lipinski definition) is 22. The van der Waals surface area contributed by atoms with Crippen molar-refractivity contribution in [2.24, 2.45) is 29.2 Å². The van der Waals surface area contributed by atoms with E-state index in [2.05, 4.69) is 0 Å². The Kier molecular flexibility index (Phi) is 26.0. The van der Waals surface area contributed by atoms with Crippen LogP contribution in [0.5, 0.6) is 0 Å². The summed E-state index contributed by atoms with van der Waals surface area (Å²) in [6, 6.07) is -2.79. The summed E-state index contributed by atoms with van der Waals surface area (Å²) in [5.74, 6) is -6.87. The van der Waals surface area contributed by atoms with Gasteiger partial charge in [-0.2, -0.15) is 23.5 Å². The molecule has 36 nitrogen and oxygen atoms in total. The van der Waals surface area contributed by atoms with Gasteiger partial charge in [-0.3, -0.25) is 9.59 Å². The normalized spacial score (nSPS) is 49.7. The average molecular weight is 1320 g/mol. The van der Waals surface area contributed by atoms with Crippen molar-refractivity contribution in [3.63, 3.8) is 0 Å². The molecule has 0 aromatic rings. The molecule has 14 unspecified atom stereocenters. The zero-order valence-corrected chi connectivity index (χ0v) is 48.5. The van der Waals surface area contributed by atoms with Crippen molar-refractivity contribution < 1.29 is 169 Å². The number of aliphatic hydroxyl groups is 18. The first-order valence-corrected chi connectivity index (χ1v) is 30.9. The van der Waals surface area contributed by atoms with Crippen LogP contribution >= 0.6 is 23.5 Å². The molecule has 21 rings (SSSR count). The second kappa shape index (κ2) is 31.7. The molecule has 20 aliphatic heterocycles. The zero-order chi connectivity index (χ0) is 64.3. The van der Waals surface area contributed by atoms with Gasteiger partial charge in [-0.25, -0.2) is 0 Å². The van der Waals surface area contributed by atoms with Gasteiger partial charge in [0.15, 0.2) is 37.7 Å². The average Bonchev–Trinajstić information content (AvgIpc) is 1.98. The van der Waals surface area contributed by atoms with Gasteiger partial charge in [-0.05, 0) is 30.4 Å². The molecular formula is C50H84N2O34S2. The van der Waals surface area contributed by atoms with E-state index in [1.807, 2.05) is 0 Å². The van der Waals surface area contributed by atoms with Crippen LogP contribution in [-0.2, 0) is 66.4 Å². The van der Waals surface area contributed by atoms with Gasteiger partial charge in [0.1, 0.15) is 128 Å². The molecule has 1 saturated carbocycles. The van der Waals surface area contributed by atoms with Crippen LogP contribution in [0, 0.1) is 17.8 Å². The number of carbonyl (C=O) groups is 2. The molecule has 20 saturated heterocycles. The lowest BCUT2D eigenvalue weighted by molar-refractivity contribution is -0.387. The van der Waals surface area contributed by atoms with E-state index in [4.69, 9.17) is 68.3 Å². The molecule has 20 heterocycles. The van der Waals surface area contributed by atoms with Gasteiger partial charge in [0.05, 0.1) is 69.7 Å². The number of aliphatic hydroxyl groups excluding tert-OH is 18. The number of aliphatic carboxylic acids is 2. The van der Waals surface area contributed by atoms with E-state index < -0.39 is 272 Å². The largest absolute Gasteiger partial charge is 0.480 e. The third-order valence-electron chi connectivity index (χ3n) is 17.3. The zero-order valence-electron chi connectivity index (χ0n) is 46.9. The minimum Gasteiger partial charge on any atom is -0.480 e. The highest BCUT2D eigenvalue weighted by Gasteiger charge is 2.58. The lowest BCUT2D eigenvalue weighted by Gasteiger charge is -2.50. The predicted octanol–water partition coefficient (Wildman–Crippen LogP) is -12.4. The molecular weight excluding hydrogens is 1240 g/mol. The Morgan fingerprint density at radius 1 is 0.364 bits per heavy atom. The van der Waals surface area contributed by atoms with E-state index in [-0.39, 0.29) is 35.9 Å². The fourth-order valence-electron chi connectivity index (χ4n) is 12.3. The van der Waals surface area contributed by atoms with Crippen LogP contribution in [-0.4, -0.2) is 373 Å². The Bertz CT molecular complexity index is 2190. The number of carboxylic acid groups (broad SMARTS) is 2. The van der Waals surface area contributed by atoms with E-state index in [0.29, 0.717) is 0 Å². The van der Waals surface area contributed by atoms with Crippen molar-refractivity contribution in [2.45, 2.75) is 222 Å². The molecule has 24 N–H and O–H groups in total. The lowest BCUT2D eigenvalue weighted by atomic mass is 9.70. The summed E-state index contributed by atoms with van der Waals surface area (Å²) in [7, 11) is 0. The second-order valence-corrected chi connectivity index (χ2v) is 25.3. The van der Waals surface area contributed by atoms with E-state index >= 15 is 0 Å². The van der Waals surface area contributed by atoms with Crippen molar-refractivity contribution in [3.05, 3.63) is 0 Å². The minimum atomic E-state index is -2.18. The first-order chi connectivity index (χ1) is 41.8. The molecule has 0 aromatic carbocycles. The molecule has 0 aromatic heterocycles. The first kappa shape index (κ1) is 72.2. The van der Waals surface area contributed by atoms with E-state index in [1.165, 1.54) is 0 Å². The second-order valence-electron chi connectivity index (χ2n) is 23.2. The van der Waals surface area contributed by atoms with Crippen LogP contribution in [0.1, 0.15) is 19.3 Å². The molecule has 21 fully saturated rings. The van der Waals surface area contributed by atoms with Crippen LogP contribution in [0.3, 0.4) is 0 Å². The van der Waals surface area contributed by atoms with E-state index in [0.717, 1.165) is 23.5 Å². The maximum Gasteiger partial charge on any atom is 0.321 e. The molecule has 0 amide bonds. The summed E-state index contributed by atoms with van der Waals surface area (Å²) < 4.78 is 71.0. The summed E-state index contributed by atoms with van der Waals surface area (Å²) in [5, 5.41) is 223. The molecule has 36 atom stereocenters. The summed E-state index contributed by atoms with van der Waals surface area (Å²) in [4.78, 5) is 23.3. The van der Waals surface area contributed by atoms with Crippen molar-refractivity contribution in [1.29, 1.82) is 0 Å². The quantitative estimate of drug-likeness (QED) is 0.0724. The number of carboxylic acids is 2. The molecule has 14 bridgehead atoms. The van der Waals surface area contributed by atoms with Gasteiger partial charge >= 0.3 is 11.9 Å². The molecule has 21 aliphatic rings. The third-order valence-corrected chi connectivity index (χ3v) is 19.7. The highest BCUT2D eigenvalue weighted by molar-refractivity contribution is 7.99. The monoisotopic (exact) mass is 1320 g/mol. The van der Waals surface area contributed by atoms with Crippen LogP contribution < -0.4 is 11.5 Å². The predicted molar refractivity (Wildman–Crippen MR) is 285 cm³/mol. The molecule has 1 aliphatic carbocycles. The minimum absolute atomic E-state index is 0.0761. The topological polar surface area (TPSA) is 602 Å². The number of rotatable bonds is 15. The Morgan fingerprint density at radius 3 is 1.14 bits per heavy atom. The highest BCUT2D eigenvalue weighted by atomic mass is 32.2. The van der Waals surface area contributed by atoms with Gasteiger partial charge in [0.2, 0.25) is 0 Å². The standard InChI is InChI=1S/C50H84N2O34S2/c51-16(43(71)72)10-87-9-14-1-13-2-15-20(4-53)76-47(33(66)27(15)60)84-40-24(8-57)80-50(37(70)31(40)64)86-42-25(12-88-11-17(52)44(73)74)81-46(34(67)32(42)65)75-19-3-18(58)45(77-21(19)5-54)83-39-22(6-55)79-49(36(69)29(39)62)85-41-23(7-56)78-48(35(68)30(41)63)82-38(14)28(61)26(13)59/h13-42,45-50,53-70H,1-12,51-52H2,(H,71,72)(H,73,74)/t13-,14?,15-,16-,17-,18?,19+,20?,21?,22?,23?,24?,25?,26?,27+,28-,29-,30-,31-,32-,33?,34?,35?,36?,37?,38-,39-,40-,41-,42-,45-,46+,47-,48-,49-,50-/m1/s1. The van der Waals surface area contributed by atoms with Crippen LogP contribution in [0.25, 0.3) is 0 Å². The number of thioether (sulfide) groups is 2. The Balaban J connectivity index is 1.10. The van der Waals surface area contributed by atoms with Crippen molar-refractivity contribution >= 4 is 35.5 Å². The SMILES string of the molecule is N[C@H](CSCC1C[C@@H]2C[C@@H]3C(CO)O[C@H](O[C@@H]4C(CO)O[C@H](O[C@@H]5C(CSC[C@@H](N)C(=O)O)O[C@H](O[C@H]6CC(O)[C@H](OC6CO)O[C@@H]6C(CO)O[C@H](O[C@@H]7C(CO)O[C@H](O[C@H]1[C@H](O)C2O)C(O)[C@H]7O)C(O)[C@H]6O)C(O)[C@H]5O)C(O)[C@H]4O)C(O)[C@H]3O)C(=O)O. The Labute approximate surface area is 509 Å². The highest BCUT2D eigenvalue weighted by Crippen LogP contribution is 2.44. The maximum atomic E-state index is 11.9. The van der Waals surface area contributed by atoms with E-state index in [9.17, 15) is 112 Å². The summed E-state index contributed by atoms with van der Waals surface area (Å²) in [6.45, 7) is -4.82. The fourth-order valence-corrected chi connectivity index (χ4v) is 14.5. The van der Waals surface area contributed by atoms with Crippen LogP contribution in [0.15, 0.2) is 0 Å². The molecule has 88 heavy (non-hydrogen) atoms. The lowest BCUT2D eigenvalue weighted by Crippen LogP contribution is -2.67. The first-order valence-electron chi connectivity index (χ1n) is 28.6. The summed E-state index contributed by atoms with van der Waals surface area (Å²) >= 11 is 1.85. The van der Waals surface area contributed by atoms with Gasteiger partial charge in [-0.1, -0.05) is 0 Å². The summed E-state index contributed by atoms with van der Waals surface area (Å²) in [6.07, 6.45) is -58.9.